The zero-order valence-electron chi connectivity index (χ0n) is 22.8. The normalized spacial score (nSPS) is 35.6. The Morgan fingerprint density at radius 1 is 0.750 bits per heavy atom. The van der Waals surface area contributed by atoms with E-state index in [1.54, 1.807) is 23.5 Å². The number of nitrogens with zero attached hydrogens (tertiary/aromatic N) is 1. The molecule has 0 bridgehead atoms. The molecule has 0 atom stereocenters. The predicted octanol–water partition coefficient (Wildman–Crippen LogP) is 9.13. The molecule has 0 aromatic rings. The summed E-state index contributed by atoms with van der Waals surface area (Å²) in [5, 5.41) is 9.81. The summed E-state index contributed by atoms with van der Waals surface area (Å²) in [5.74, 6) is 6.89. The van der Waals surface area contributed by atoms with Crippen LogP contribution in [0, 0.1) is 46.8 Å². The lowest BCUT2D eigenvalue weighted by atomic mass is 9.70. The molecule has 3 nitrogen and oxygen atoms in total. The van der Waals surface area contributed by atoms with Gasteiger partial charge < -0.3 is 4.74 Å². The Kier molecular flexibility index (Phi) is 11.5. The van der Waals surface area contributed by atoms with Crippen LogP contribution in [-0.2, 0) is 9.53 Å². The lowest BCUT2D eigenvalue weighted by Crippen LogP contribution is -2.30. The van der Waals surface area contributed by atoms with Crippen molar-refractivity contribution in [3.8, 4) is 6.07 Å². The molecule has 5 heteroatoms. The van der Waals surface area contributed by atoms with Gasteiger partial charge in [-0.05, 0) is 86.9 Å². The fourth-order valence-electron chi connectivity index (χ4n) is 7.65. The van der Waals surface area contributed by atoms with Gasteiger partial charge in [-0.15, -0.1) is 23.5 Å². The van der Waals surface area contributed by atoms with Gasteiger partial charge in [0.25, 0.3) is 0 Å². The first-order chi connectivity index (χ1) is 17.6. The highest BCUT2D eigenvalue weighted by Crippen LogP contribution is 2.46. The largest absolute Gasteiger partial charge is 0.458 e. The number of ether oxygens (including phenoxy) is 1. The third-order valence-corrected chi connectivity index (χ3v) is 12.7. The fraction of sp³-hybridized carbons (Fsp3) is 0.871. The number of hydrogen-bond acceptors (Lipinski definition) is 5. The van der Waals surface area contributed by atoms with E-state index >= 15 is 0 Å². The maximum absolute atomic E-state index is 13.0. The molecule has 0 aromatic heterocycles. The Balaban J connectivity index is 1.19. The molecule has 3 saturated carbocycles. The number of hydrogen-bond donors (Lipinski definition) is 0. The first-order valence-corrected chi connectivity index (χ1v) is 17.2. The summed E-state index contributed by atoms with van der Waals surface area (Å²) >= 11 is 3.48. The van der Waals surface area contributed by atoms with Crippen LogP contribution in [0.4, 0.5) is 0 Å². The van der Waals surface area contributed by atoms with E-state index in [2.05, 4.69) is 19.9 Å². The predicted molar refractivity (Wildman–Crippen MR) is 154 cm³/mol. The minimum atomic E-state index is -0.366. The zero-order chi connectivity index (χ0) is 25.3. The summed E-state index contributed by atoms with van der Waals surface area (Å²) in [4.78, 5) is 13.0. The van der Waals surface area contributed by atoms with Crippen molar-refractivity contribution in [2.24, 2.45) is 35.5 Å². The minimum Gasteiger partial charge on any atom is -0.458 e. The number of thioether (sulfide) groups is 2. The Morgan fingerprint density at radius 2 is 1.19 bits per heavy atom. The molecule has 0 amide bonds. The van der Waals surface area contributed by atoms with Crippen molar-refractivity contribution in [1.29, 1.82) is 5.26 Å². The molecule has 4 aliphatic rings. The Labute approximate surface area is 229 Å². The lowest BCUT2D eigenvalue weighted by Gasteiger charge is -2.37. The van der Waals surface area contributed by atoms with Crippen molar-refractivity contribution in [1.82, 2.24) is 0 Å². The molecule has 202 valence electrons. The summed E-state index contributed by atoms with van der Waals surface area (Å²) < 4.78 is 6.83. The SMILES string of the molecule is CCCC1CCC(C2CCC(OC(=O)C(C#N)=C3SCC(C4CCC(CCC)CC4)CS3)CC2)CC1. The van der Waals surface area contributed by atoms with Crippen molar-refractivity contribution >= 4 is 29.5 Å². The van der Waals surface area contributed by atoms with Gasteiger partial charge in [0, 0.05) is 11.5 Å². The molecule has 0 spiro atoms. The molecule has 4 fully saturated rings. The molecular formula is C31H49NO2S2. The molecule has 3 aliphatic carbocycles. The topological polar surface area (TPSA) is 50.1 Å². The fourth-order valence-corrected chi connectivity index (χ4v) is 10.6. The molecule has 0 N–H and O–H groups in total. The molecule has 1 aliphatic heterocycles. The van der Waals surface area contributed by atoms with Gasteiger partial charge >= 0.3 is 5.97 Å². The Bertz CT molecular complexity index is 756. The van der Waals surface area contributed by atoms with Gasteiger partial charge in [0.1, 0.15) is 12.2 Å². The maximum Gasteiger partial charge on any atom is 0.350 e. The van der Waals surface area contributed by atoms with E-state index in [0.717, 1.165) is 64.1 Å². The van der Waals surface area contributed by atoms with Gasteiger partial charge in [-0.1, -0.05) is 65.2 Å². The molecule has 1 saturated heterocycles. The van der Waals surface area contributed by atoms with E-state index in [4.69, 9.17) is 4.74 Å². The number of carbonyl (C=O) groups excluding carboxylic acids is 1. The second kappa shape index (κ2) is 14.5. The summed E-state index contributed by atoms with van der Waals surface area (Å²) in [5.41, 5.74) is 0.270. The van der Waals surface area contributed by atoms with Crippen LogP contribution >= 0.6 is 23.5 Å². The van der Waals surface area contributed by atoms with Crippen molar-refractivity contribution in [3.63, 3.8) is 0 Å². The smallest absolute Gasteiger partial charge is 0.350 e. The van der Waals surface area contributed by atoms with Crippen LogP contribution in [0.5, 0.6) is 0 Å². The average Bonchev–Trinajstić information content (AvgIpc) is 2.91. The third kappa shape index (κ3) is 7.72. The summed E-state index contributed by atoms with van der Waals surface area (Å²) in [6.07, 6.45) is 20.9. The highest BCUT2D eigenvalue weighted by Gasteiger charge is 2.34. The van der Waals surface area contributed by atoms with Gasteiger partial charge in [-0.3, -0.25) is 0 Å². The quantitative estimate of drug-likeness (QED) is 0.177. The first kappa shape index (κ1) is 28.4. The van der Waals surface area contributed by atoms with Crippen LogP contribution in [0.3, 0.4) is 0 Å². The van der Waals surface area contributed by atoms with Crippen LogP contribution < -0.4 is 0 Å². The van der Waals surface area contributed by atoms with E-state index in [1.165, 1.54) is 89.9 Å². The van der Waals surface area contributed by atoms with Crippen molar-refractivity contribution in [2.45, 2.75) is 123 Å². The van der Waals surface area contributed by atoms with Crippen LogP contribution in [-0.4, -0.2) is 23.6 Å². The molecule has 36 heavy (non-hydrogen) atoms. The average molecular weight is 532 g/mol. The standard InChI is InChI=1S/C31H49NO2S2/c1-3-5-22-7-11-24(12-8-22)25-15-17-28(18-16-25)34-30(33)29(19-32)31-35-20-27(21-36-31)26-13-9-23(6-4-2)10-14-26/h22-28H,3-18,20-21H2,1-2H3. The maximum atomic E-state index is 13.0. The second-order valence-corrected chi connectivity index (χ2v) is 14.6. The van der Waals surface area contributed by atoms with Gasteiger partial charge in [-0.2, -0.15) is 5.26 Å². The van der Waals surface area contributed by atoms with E-state index in [0.29, 0.717) is 0 Å². The first-order valence-electron chi connectivity index (χ1n) is 15.2. The molecule has 1 heterocycles. The van der Waals surface area contributed by atoms with Gasteiger partial charge in [0.05, 0.1) is 4.24 Å². The molecular weight excluding hydrogens is 482 g/mol. The van der Waals surface area contributed by atoms with Crippen molar-refractivity contribution < 1.29 is 9.53 Å². The van der Waals surface area contributed by atoms with E-state index in [-0.39, 0.29) is 17.6 Å². The van der Waals surface area contributed by atoms with Crippen molar-refractivity contribution in [2.75, 3.05) is 11.5 Å². The molecule has 0 aromatic carbocycles. The van der Waals surface area contributed by atoms with E-state index in [9.17, 15) is 10.1 Å². The molecule has 0 radical (unpaired) electrons. The minimum absolute atomic E-state index is 0.00113. The second-order valence-electron chi connectivity index (χ2n) is 12.2. The molecule has 4 rings (SSSR count). The Morgan fingerprint density at radius 3 is 1.64 bits per heavy atom. The van der Waals surface area contributed by atoms with E-state index < -0.39 is 0 Å². The number of carbonyl (C=O) groups is 1. The van der Waals surface area contributed by atoms with Crippen LogP contribution in [0.1, 0.15) is 117 Å². The number of esters is 1. The zero-order valence-corrected chi connectivity index (χ0v) is 24.5. The number of nitriles is 1. The highest BCUT2D eigenvalue weighted by atomic mass is 32.2. The van der Waals surface area contributed by atoms with Gasteiger partial charge in [-0.25, -0.2) is 4.79 Å². The third-order valence-electron chi connectivity index (χ3n) is 9.88. The van der Waals surface area contributed by atoms with Crippen LogP contribution in [0.15, 0.2) is 9.81 Å². The van der Waals surface area contributed by atoms with E-state index in [1.807, 2.05) is 0 Å². The van der Waals surface area contributed by atoms with Gasteiger partial charge in [0.2, 0.25) is 0 Å². The highest BCUT2D eigenvalue weighted by molar-refractivity contribution is 8.22. The molecule has 0 unspecified atom stereocenters. The van der Waals surface area contributed by atoms with Crippen LogP contribution in [0.25, 0.3) is 0 Å². The van der Waals surface area contributed by atoms with Crippen LogP contribution in [0.2, 0.25) is 0 Å². The lowest BCUT2D eigenvalue weighted by molar-refractivity contribution is -0.145. The summed E-state index contributed by atoms with van der Waals surface area (Å²) in [6, 6.07) is 2.21. The van der Waals surface area contributed by atoms with Crippen molar-refractivity contribution in [3.05, 3.63) is 9.81 Å². The summed E-state index contributed by atoms with van der Waals surface area (Å²) in [7, 11) is 0. The summed E-state index contributed by atoms with van der Waals surface area (Å²) in [6.45, 7) is 4.61. The van der Waals surface area contributed by atoms with Gasteiger partial charge in [0.15, 0.2) is 5.57 Å². The monoisotopic (exact) mass is 531 g/mol. The number of rotatable bonds is 8. The Hall–Kier alpha value is -0.600.